The van der Waals surface area contributed by atoms with Gasteiger partial charge in [0.15, 0.2) is 0 Å². The number of hydrogen-bond acceptors (Lipinski definition) is 2. The molecule has 0 spiro atoms. The quantitative estimate of drug-likeness (QED) is 0.542. The highest BCUT2D eigenvalue weighted by Gasteiger charge is 2.49. The second-order valence-electron chi connectivity index (χ2n) is 9.36. The Labute approximate surface area is 188 Å². The van der Waals surface area contributed by atoms with Crippen LogP contribution in [0.15, 0.2) is 66.4 Å². The Bertz CT molecular complexity index is 1220. The van der Waals surface area contributed by atoms with E-state index in [2.05, 4.69) is 43.2 Å². The molecule has 0 unspecified atom stereocenters. The van der Waals surface area contributed by atoms with Gasteiger partial charge in [0.2, 0.25) is 0 Å². The first-order valence-electron chi connectivity index (χ1n) is 11.4. The Morgan fingerprint density at radius 1 is 1.22 bits per heavy atom. The van der Waals surface area contributed by atoms with Gasteiger partial charge in [0.25, 0.3) is 0 Å². The first-order valence-corrected chi connectivity index (χ1v) is 11.4. The van der Waals surface area contributed by atoms with Crippen molar-refractivity contribution >= 4 is 11.6 Å². The first kappa shape index (κ1) is 20.9. The second kappa shape index (κ2) is 7.86. The highest BCUT2D eigenvalue weighted by molar-refractivity contribution is 5.72. The minimum absolute atomic E-state index is 0.111. The van der Waals surface area contributed by atoms with Crippen LogP contribution in [0, 0.1) is 24.1 Å². The van der Waals surface area contributed by atoms with Crippen LogP contribution in [0.2, 0.25) is 0 Å². The fourth-order valence-corrected chi connectivity index (χ4v) is 5.77. The molecule has 5 rings (SSSR count). The average molecular weight is 429 g/mol. The van der Waals surface area contributed by atoms with E-state index in [-0.39, 0.29) is 17.2 Å². The fraction of sp³-hybridized carbons (Fsp3) is 0.321. The Balaban J connectivity index is 1.49. The highest BCUT2D eigenvalue weighted by Crippen LogP contribution is 2.55. The number of benzene rings is 2. The molecule has 0 bridgehead atoms. The number of allylic oxidation sites excluding steroid dienone is 2. The van der Waals surface area contributed by atoms with Crippen molar-refractivity contribution in [3.8, 4) is 5.69 Å². The summed E-state index contributed by atoms with van der Waals surface area (Å²) in [6, 6.07) is 14.7. The van der Waals surface area contributed by atoms with Crippen molar-refractivity contribution in [2.75, 3.05) is 0 Å². The number of fused-ring (bicyclic) bond motifs is 2. The summed E-state index contributed by atoms with van der Waals surface area (Å²) < 4.78 is 15.3. The van der Waals surface area contributed by atoms with E-state index in [1.54, 1.807) is 12.1 Å². The normalized spacial score (nSPS) is 23.5. The van der Waals surface area contributed by atoms with Gasteiger partial charge in [-0.25, -0.2) is 9.07 Å². The lowest BCUT2D eigenvalue weighted by molar-refractivity contribution is 0.0993. The molecule has 0 radical (unpaired) electrons. The standard InChI is InChI=1S/C28H29FN2O/c1-4-23(24-8-6-5-7-18(24)2)27(32)25-14-9-20-15-26-19(16-28(20,25)3)17-30-31(26)22-12-10-21(29)11-13-22/h4-8,10-13,15,17,25,27,32H,9,14,16H2,1-3H3/b23-4+/t25-,27+,28+/m1/s1. The van der Waals surface area contributed by atoms with Crippen molar-refractivity contribution in [2.24, 2.45) is 11.3 Å². The third kappa shape index (κ3) is 3.25. The SMILES string of the molecule is C/C=C(\c1ccccc1C)[C@H](O)[C@H]1CCC2=Cc3c(cnn3-c3ccc(F)cc3)C[C@@]21C. The number of aryl methyl sites for hydroxylation is 1. The van der Waals surface area contributed by atoms with Gasteiger partial charge < -0.3 is 5.11 Å². The van der Waals surface area contributed by atoms with Crippen LogP contribution in [0.5, 0.6) is 0 Å². The predicted molar refractivity (Wildman–Crippen MR) is 127 cm³/mol. The van der Waals surface area contributed by atoms with Crippen molar-refractivity contribution in [3.05, 3.63) is 94.6 Å². The summed E-state index contributed by atoms with van der Waals surface area (Å²) >= 11 is 0. The predicted octanol–water partition coefficient (Wildman–Crippen LogP) is 6.14. The van der Waals surface area contributed by atoms with Crippen molar-refractivity contribution in [1.82, 2.24) is 9.78 Å². The zero-order chi connectivity index (χ0) is 22.5. The largest absolute Gasteiger partial charge is 0.388 e. The summed E-state index contributed by atoms with van der Waals surface area (Å²) in [6.45, 7) is 6.41. The molecule has 1 N–H and O–H groups in total. The van der Waals surface area contributed by atoms with Crippen molar-refractivity contribution in [2.45, 2.75) is 46.1 Å². The first-order chi connectivity index (χ1) is 15.4. The molecule has 1 aromatic heterocycles. The van der Waals surface area contributed by atoms with E-state index in [0.717, 1.165) is 41.8 Å². The summed E-state index contributed by atoms with van der Waals surface area (Å²) in [5.41, 5.74) is 7.70. The van der Waals surface area contributed by atoms with Crippen molar-refractivity contribution in [3.63, 3.8) is 0 Å². The average Bonchev–Trinajstić information content (AvgIpc) is 3.33. The van der Waals surface area contributed by atoms with Gasteiger partial charge >= 0.3 is 0 Å². The van der Waals surface area contributed by atoms with Gasteiger partial charge in [-0.1, -0.05) is 42.8 Å². The molecule has 0 amide bonds. The number of nitrogens with zero attached hydrogens (tertiary/aromatic N) is 2. The molecule has 1 saturated carbocycles. The number of halogens is 1. The number of hydrogen-bond donors (Lipinski definition) is 1. The molecule has 2 aromatic carbocycles. The highest BCUT2D eigenvalue weighted by atomic mass is 19.1. The van der Waals surface area contributed by atoms with E-state index in [0.29, 0.717) is 0 Å². The lowest BCUT2D eigenvalue weighted by Gasteiger charge is -2.39. The van der Waals surface area contributed by atoms with E-state index >= 15 is 0 Å². The van der Waals surface area contributed by atoms with Crippen LogP contribution < -0.4 is 0 Å². The Kier molecular flexibility index (Phi) is 5.13. The molecule has 3 aromatic rings. The smallest absolute Gasteiger partial charge is 0.123 e. The molecular weight excluding hydrogens is 399 g/mol. The molecule has 3 atom stereocenters. The van der Waals surface area contributed by atoms with Crippen molar-refractivity contribution < 1.29 is 9.50 Å². The van der Waals surface area contributed by atoms with Crippen LogP contribution in [-0.4, -0.2) is 21.0 Å². The van der Waals surface area contributed by atoms with E-state index in [1.807, 2.05) is 29.9 Å². The third-order valence-corrected chi connectivity index (χ3v) is 7.57. The molecule has 0 aliphatic heterocycles. The summed E-state index contributed by atoms with van der Waals surface area (Å²) in [5, 5.41) is 16.2. The summed E-state index contributed by atoms with van der Waals surface area (Å²) in [5.74, 6) is -0.108. The van der Waals surface area contributed by atoms with E-state index in [1.165, 1.54) is 28.8 Å². The zero-order valence-corrected chi connectivity index (χ0v) is 18.8. The van der Waals surface area contributed by atoms with Gasteiger partial charge in [-0.3, -0.25) is 0 Å². The lowest BCUT2D eigenvalue weighted by Crippen LogP contribution is -2.36. The van der Waals surface area contributed by atoms with E-state index < -0.39 is 6.10 Å². The monoisotopic (exact) mass is 428 g/mol. The number of rotatable bonds is 4. The van der Waals surface area contributed by atoms with Crippen LogP contribution in [0.25, 0.3) is 17.3 Å². The van der Waals surface area contributed by atoms with E-state index in [4.69, 9.17) is 0 Å². The van der Waals surface area contributed by atoms with Gasteiger partial charge in [0, 0.05) is 0 Å². The summed E-state index contributed by atoms with van der Waals surface area (Å²) in [7, 11) is 0. The van der Waals surface area contributed by atoms with Crippen LogP contribution in [0.1, 0.15) is 49.1 Å². The van der Waals surface area contributed by atoms with Crippen LogP contribution >= 0.6 is 0 Å². The maximum absolute atomic E-state index is 13.4. The van der Waals surface area contributed by atoms with Gasteiger partial charge in [0.05, 0.1) is 23.7 Å². The zero-order valence-electron chi connectivity index (χ0n) is 18.8. The maximum Gasteiger partial charge on any atom is 0.123 e. The minimum atomic E-state index is -0.523. The minimum Gasteiger partial charge on any atom is -0.388 e. The topological polar surface area (TPSA) is 38.1 Å². The summed E-state index contributed by atoms with van der Waals surface area (Å²) in [6.07, 6.45) is 8.51. The molecule has 4 heteroatoms. The summed E-state index contributed by atoms with van der Waals surface area (Å²) in [4.78, 5) is 0. The van der Waals surface area contributed by atoms with Gasteiger partial charge in [-0.2, -0.15) is 5.10 Å². The number of aliphatic hydroxyl groups is 1. The number of aromatic nitrogens is 2. The van der Waals surface area contributed by atoms with Crippen LogP contribution in [-0.2, 0) is 6.42 Å². The molecule has 2 aliphatic carbocycles. The molecule has 3 nitrogen and oxygen atoms in total. The van der Waals surface area contributed by atoms with Gasteiger partial charge in [0.1, 0.15) is 5.82 Å². The molecule has 32 heavy (non-hydrogen) atoms. The molecule has 164 valence electrons. The Hall–Kier alpha value is -2.98. The number of aliphatic hydroxyl groups excluding tert-OH is 1. The molecule has 2 aliphatic rings. The molecule has 0 saturated heterocycles. The molecule has 1 heterocycles. The Morgan fingerprint density at radius 3 is 2.69 bits per heavy atom. The molecule has 1 fully saturated rings. The van der Waals surface area contributed by atoms with E-state index in [9.17, 15) is 9.50 Å². The second-order valence-corrected chi connectivity index (χ2v) is 9.36. The maximum atomic E-state index is 13.4. The lowest BCUT2D eigenvalue weighted by atomic mass is 9.67. The van der Waals surface area contributed by atoms with Crippen LogP contribution in [0.4, 0.5) is 4.39 Å². The fourth-order valence-electron chi connectivity index (χ4n) is 5.77. The van der Waals surface area contributed by atoms with Gasteiger partial charge in [-0.15, -0.1) is 0 Å². The van der Waals surface area contributed by atoms with Crippen molar-refractivity contribution in [1.29, 1.82) is 0 Å². The van der Waals surface area contributed by atoms with Gasteiger partial charge in [-0.05, 0) is 97.0 Å². The molecular formula is C28H29FN2O. The third-order valence-electron chi connectivity index (χ3n) is 7.57. The van der Waals surface area contributed by atoms with Crippen LogP contribution in [0.3, 0.4) is 0 Å². The Morgan fingerprint density at radius 2 is 1.97 bits per heavy atom.